The number of hydrogen-bond donors (Lipinski definition) is 1. The Morgan fingerprint density at radius 3 is 2.06 bits per heavy atom. The first-order chi connectivity index (χ1) is 17.1. The van der Waals surface area contributed by atoms with Crippen molar-refractivity contribution in [2.75, 3.05) is 32.8 Å². The zero-order valence-corrected chi connectivity index (χ0v) is 21.1. The van der Waals surface area contributed by atoms with Gasteiger partial charge in [-0.05, 0) is 61.8 Å². The standard InChI is InChI=1S/C28H34N2O6/c1-28(2,3)36-27(34)29-14-12-19(13-15-29)16-30(17-25(31)32)26(33)35-18-24-22-10-6-4-8-20(22)21-9-5-7-11-23(21)24/h4-11,19,24H,12-18H2,1-3H3,(H,31,32). The fourth-order valence-corrected chi connectivity index (χ4v) is 4.99. The first-order valence-corrected chi connectivity index (χ1v) is 12.4. The summed E-state index contributed by atoms with van der Waals surface area (Å²) in [4.78, 5) is 39.8. The van der Waals surface area contributed by atoms with E-state index in [9.17, 15) is 19.5 Å². The molecule has 0 radical (unpaired) electrons. The lowest BCUT2D eigenvalue weighted by atomic mass is 9.96. The molecular weight excluding hydrogens is 460 g/mol. The monoisotopic (exact) mass is 494 g/mol. The Balaban J connectivity index is 1.36. The average molecular weight is 495 g/mol. The molecule has 0 aromatic heterocycles. The van der Waals surface area contributed by atoms with Gasteiger partial charge in [0.2, 0.25) is 0 Å². The Morgan fingerprint density at radius 1 is 0.972 bits per heavy atom. The van der Waals surface area contributed by atoms with E-state index in [2.05, 4.69) is 12.1 Å². The minimum Gasteiger partial charge on any atom is -0.480 e. The fourth-order valence-electron chi connectivity index (χ4n) is 4.99. The van der Waals surface area contributed by atoms with Gasteiger partial charge < -0.3 is 19.5 Å². The molecular formula is C28H34N2O6. The molecule has 0 unspecified atom stereocenters. The van der Waals surface area contributed by atoms with Crippen LogP contribution in [0.25, 0.3) is 11.1 Å². The van der Waals surface area contributed by atoms with E-state index in [1.54, 1.807) is 4.90 Å². The summed E-state index contributed by atoms with van der Waals surface area (Å²) in [5.74, 6) is -1.11. The lowest BCUT2D eigenvalue weighted by Gasteiger charge is -2.35. The highest BCUT2D eigenvalue weighted by Crippen LogP contribution is 2.44. The molecule has 0 spiro atoms. The molecule has 4 rings (SSSR count). The highest BCUT2D eigenvalue weighted by molar-refractivity contribution is 5.79. The summed E-state index contributed by atoms with van der Waals surface area (Å²) in [5, 5.41) is 9.41. The predicted octanol–water partition coefficient (Wildman–Crippen LogP) is 4.97. The van der Waals surface area contributed by atoms with E-state index in [0.717, 1.165) is 22.3 Å². The molecule has 8 heteroatoms. The van der Waals surface area contributed by atoms with Gasteiger partial charge >= 0.3 is 18.2 Å². The first-order valence-electron chi connectivity index (χ1n) is 12.4. The Labute approximate surface area is 211 Å². The number of aliphatic carboxylic acids is 1. The number of nitrogens with zero attached hydrogens (tertiary/aromatic N) is 2. The molecule has 0 atom stereocenters. The number of hydrogen-bond acceptors (Lipinski definition) is 5. The minimum atomic E-state index is -1.09. The Kier molecular flexibility index (Phi) is 7.52. The molecule has 0 bridgehead atoms. The van der Waals surface area contributed by atoms with Crippen LogP contribution in [0.2, 0.25) is 0 Å². The number of amides is 2. The van der Waals surface area contributed by atoms with E-state index < -0.39 is 24.2 Å². The lowest BCUT2D eigenvalue weighted by molar-refractivity contribution is -0.138. The predicted molar refractivity (Wildman–Crippen MR) is 135 cm³/mol. The highest BCUT2D eigenvalue weighted by Gasteiger charge is 2.32. The van der Waals surface area contributed by atoms with Gasteiger partial charge in [0.1, 0.15) is 18.8 Å². The van der Waals surface area contributed by atoms with Gasteiger partial charge in [-0.1, -0.05) is 48.5 Å². The van der Waals surface area contributed by atoms with Crippen molar-refractivity contribution in [2.24, 2.45) is 5.92 Å². The number of likely N-dealkylation sites (tertiary alicyclic amines) is 1. The Bertz CT molecular complexity index is 1070. The van der Waals surface area contributed by atoms with Crippen molar-refractivity contribution < 1.29 is 29.0 Å². The molecule has 2 amide bonds. The van der Waals surface area contributed by atoms with Crippen molar-refractivity contribution in [2.45, 2.75) is 45.1 Å². The number of fused-ring (bicyclic) bond motifs is 3. The van der Waals surface area contributed by atoms with E-state index >= 15 is 0 Å². The van der Waals surface area contributed by atoms with Crippen LogP contribution in [0.3, 0.4) is 0 Å². The quantitative estimate of drug-likeness (QED) is 0.609. The van der Waals surface area contributed by atoms with Gasteiger partial charge in [0.15, 0.2) is 0 Å². The third-order valence-corrected chi connectivity index (χ3v) is 6.67. The second-order valence-electron chi connectivity index (χ2n) is 10.5. The van der Waals surface area contributed by atoms with E-state index in [-0.39, 0.29) is 31.1 Å². The normalized spacial score (nSPS) is 15.7. The molecule has 1 heterocycles. The van der Waals surface area contributed by atoms with Crippen molar-refractivity contribution in [3.05, 3.63) is 59.7 Å². The minimum absolute atomic E-state index is 0.0727. The molecule has 1 aliphatic carbocycles. The van der Waals surface area contributed by atoms with Crippen LogP contribution in [0.4, 0.5) is 9.59 Å². The molecule has 1 fully saturated rings. The highest BCUT2D eigenvalue weighted by atomic mass is 16.6. The number of piperidine rings is 1. The maximum absolute atomic E-state index is 13.0. The van der Waals surface area contributed by atoms with Crippen LogP contribution < -0.4 is 0 Å². The maximum atomic E-state index is 13.0. The zero-order chi connectivity index (χ0) is 25.9. The molecule has 1 N–H and O–H groups in total. The van der Waals surface area contributed by atoms with Crippen LogP contribution in [-0.2, 0) is 14.3 Å². The summed E-state index contributed by atoms with van der Waals surface area (Å²) in [7, 11) is 0. The molecule has 1 saturated heterocycles. The summed E-state index contributed by atoms with van der Waals surface area (Å²) in [6.07, 6.45) is 0.339. The fraction of sp³-hybridized carbons (Fsp3) is 0.464. The number of rotatable bonds is 6. The Hall–Kier alpha value is -3.55. The molecule has 2 aromatic carbocycles. The third-order valence-electron chi connectivity index (χ3n) is 6.67. The first kappa shape index (κ1) is 25.5. The summed E-state index contributed by atoms with van der Waals surface area (Å²) in [6.45, 7) is 6.48. The SMILES string of the molecule is CC(C)(C)OC(=O)N1CCC(CN(CC(=O)O)C(=O)OCC2c3ccccc3-c3ccccc32)CC1. The van der Waals surface area contributed by atoms with E-state index in [1.807, 2.05) is 57.2 Å². The van der Waals surface area contributed by atoms with Gasteiger partial charge in [0, 0.05) is 25.6 Å². The van der Waals surface area contributed by atoms with Crippen LogP contribution in [-0.4, -0.2) is 71.4 Å². The van der Waals surface area contributed by atoms with E-state index in [0.29, 0.717) is 25.9 Å². The maximum Gasteiger partial charge on any atom is 0.410 e. The molecule has 2 aromatic rings. The largest absolute Gasteiger partial charge is 0.480 e. The van der Waals surface area contributed by atoms with Crippen molar-refractivity contribution in [3.63, 3.8) is 0 Å². The zero-order valence-electron chi connectivity index (χ0n) is 21.1. The lowest BCUT2D eigenvalue weighted by Crippen LogP contribution is -2.45. The van der Waals surface area contributed by atoms with Crippen LogP contribution >= 0.6 is 0 Å². The van der Waals surface area contributed by atoms with Gasteiger partial charge in [-0.2, -0.15) is 0 Å². The van der Waals surface area contributed by atoms with Gasteiger partial charge in [-0.3, -0.25) is 9.69 Å². The van der Waals surface area contributed by atoms with Gasteiger partial charge in [-0.15, -0.1) is 0 Å². The summed E-state index contributed by atoms with van der Waals surface area (Å²) >= 11 is 0. The van der Waals surface area contributed by atoms with E-state index in [4.69, 9.17) is 9.47 Å². The van der Waals surface area contributed by atoms with Gasteiger partial charge in [-0.25, -0.2) is 9.59 Å². The second kappa shape index (κ2) is 10.6. The van der Waals surface area contributed by atoms with Gasteiger partial charge in [0.05, 0.1) is 0 Å². The van der Waals surface area contributed by atoms with Crippen molar-refractivity contribution in [1.29, 1.82) is 0 Å². The van der Waals surface area contributed by atoms with Crippen molar-refractivity contribution in [1.82, 2.24) is 9.80 Å². The van der Waals surface area contributed by atoms with Gasteiger partial charge in [0.25, 0.3) is 0 Å². The number of carbonyl (C=O) groups is 3. The smallest absolute Gasteiger partial charge is 0.410 e. The Morgan fingerprint density at radius 2 is 1.53 bits per heavy atom. The second-order valence-corrected chi connectivity index (χ2v) is 10.5. The van der Waals surface area contributed by atoms with Crippen LogP contribution in [0.1, 0.15) is 50.7 Å². The van der Waals surface area contributed by atoms with Crippen LogP contribution in [0.5, 0.6) is 0 Å². The molecule has 1 aliphatic heterocycles. The van der Waals surface area contributed by atoms with Crippen molar-refractivity contribution >= 4 is 18.2 Å². The summed E-state index contributed by atoms with van der Waals surface area (Å²) in [5.41, 5.74) is 3.91. The van der Waals surface area contributed by atoms with E-state index in [1.165, 1.54) is 4.90 Å². The molecule has 192 valence electrons. The summed E-state index contributed by atoms with van der Waals surface area (Å²) < 4.78 is 11.1. The number of carbonyl (C=O) groups excluding carboxylic acids is 2. The topological polar surface area (TPSA) is 96.4 Å². The molecule has 2 aliphatic rings. The van der Waals surface area contributed by atoms with Crippen LogP contribution in [0, 0.1) is 5.92 Å². The number of benzene rings is 2. The molecule has 0 saturated carbocycles. The average Bonchev–Trinajstić information content (AvgIpc) is 3.15. The number of carboxylic acids is 1. The van der Waals surface area contributed by atoms with Crippen LogP contribution in [0.15, 0.2) is 48.5 Å². The van der Waals surface area contributed by atoms with Crippen molar-refractivity contribution in [3.8, 4) is 11.1 Å². The number of ether oxygens (including phenoxy) is 2. The third kappa shape index (κ3) is 5.98. The summed E-state index contributed by atoms with van der Waals surface area (Å²) in [6, 6.07) is 16.1. The molecule has 36 heavy (non-hydrogen) atoms. The number of carboxylic acid groups (broad SMARTS) is 1. The molecule has 8 nitrogen and oxygen atoms in total.